The highest BCUT2D eigenvalue weighted by Crippen LogP contribution is 2.06. The molecule has 48 valence electrons. The van der Waals surface area contributed by atoms with Gasteiger partial charge in [-0.3, -0.25) is 4.57 Å². The molecule has 1 aromatic heterocycles. The fraction of sp³-hybridized carbons (Fsp3) is 0. The fourth-order valence-corrected chi connectivity index (χ4v) is 0.839. The molecule has 10 heavy (non-hydrogen) atoms. The molecular weight excluding hydrogens is 128 g/mol. The highest BCUT2D eigenvalue weighted by atomic mass is 16.3. The standard InChI is InChI=1S/C7H4N2O/c10-6-1-2-7-8-3-4-9(7)5-6/h1,3-5H. The Morgan fingerprint density at radius 1 is 1.60 bits per heavy atom. The van der Waals surface area contributed by atoms with E-state index >= 15 is 0 Å². The van der Waals surface area contributed by atoms with E-state index in [0.717, 1.165) is 0 Å². The van der Waals surface area contributed by atoms with E-state index in [1.807, 2.05) is 0 Å². The molecule has 0 radical (unpaired) electrons. The van der Waals surface area contributed by atoms with Gasteiger partial charge in [0.05, 0.1) is 12.0 Å². The van der Waals surface area contributed by atoms with Crippen molar-refractivity contribution in [2.75, 3.05) is 0 Å². The molecule has 0 saturated heterocycles. The topological polar surface area (TPSA) is 40.9 Å². The molecule has 0 aromatic carbocycles. The van der Waals surface area contributed by atoms with Crippen molar-refractivity contribution in [3.05, 3.63) is 36.1 Å². The Balaban J connectivity index is 2.62. The van der Waals surface area contributed by atoms with Gasteiger partial charge in [-0.25, -0.2) is 4.98 Å². The molecule has 0 N–H and O–H groups in total. The van der Waals surface area contributed by atoms with Crippen LogP contribution in [-0.2, 0) is 0 Å². The van der Waals surface area contributed by atoms with Crippen molar-refractivity contribution in [3.8, 4) is 0 Å². The second kappa shape index (κ2) is 1.69. The molecule has 0 bridgehead atoms. The van der Waals surface area contributed by atoms with Crippen molar-refractivity contribution in [1.82, 2.24) is 9.55 Å². The second-order valence-corrected chi connectivity index (χ2v) is 1.98. The number of hydrogen-bond acceptors (Lipinski definition) is 2. The molecule has 0 aliphatic carbocycles. The summed E-state index contributed by atoms with van der Waals surface area (Å²) in [6, 6.07) is 0. The minimum absolute atomic E-state index is 0.0505. The summed E-state index contributed by atoms with van der Waals surface area (Å²) in [4.78, 5) is 3.93. The Morgan fingerprint density at radius 2 is 2.50 bits per heavy atom. The summed E-state index contributed by atoms with van der Waals surface area (Å²) in [7, 11) is 0. The van der Waals surface area contributed by atoms with Crippen LogP contribution in [0.2, 0.25) is 0 Å². The third-order valence-electron chi connectivity index (χ3n) is 1.28. The first-order chi connectivity index (χ1) is 4.86. The predicted molar refractivity (Wildman–Crippen MR) is 33.4 cm³/mol. The van der Waals surface area contributed by atoms with Crippen LogP contribution in [0.1, 0.15) is 5.82 Å². The number of imidazole rings is 1. The van der Waals surface area contributed by atoms with E-state index in [2.05, 4.69) is 11.1 Å². The van der Waals surface area contributed by atoms with Gasteiger partial charge in [-0.1, -0.05) is 0 Å². The smallest absolute Gasteiger partial charge is 0.289 e. The normalized spacial score (nSPS) is 13.8. The Morgan fingerprint density at radius 3 is 3.40 bits per heavy atom. The van der Waals surface area contributed by atoms with Crippen LogP contribution in [-0.4, -0.2) is 9.55 Å². The zero-order valence-electron chi connectivity index (χ0n) is 5.11. The molecule has 0 fully saturated rings. The molecule has 1 aromatic rings. The molecule has 1 aliphatic rings. The zero-order chi connectivity index (χ0) is 6.97. The van der Waals surface area contributed by atoms with E-state index in [-0.39, 0.29) is 5.76 Å². The third kappa shape index (κ3) is 0.616. The summed E-state index contributed by atoms with van der Waals surface area (Å²) < 4.78 is 1.64. The Labute approximate surface area is 57.9 Å². The average molecular weight is 132 g/mol. The molecule has 3 heteroatoms. The van der Waals surface area contributed by atoms with Crippen LogP contribution >= 0.6 is 0 Å². The monoisotopic (exact) mass is 132 g/mol. The largest absolute Gasteiger partial charge is 0.783 e. The van der Waals surface area contributed by atoms with Crippen LogP contribution in [0.5, 0.6) is 0 Å². The van der Waals surface area contributed by atoms with Crippen LogP contribution in [0.4, 0.5) is 0 Å². The zero-order valence-corrected chi connectivity index (χ0v) is 5.11. The van der Waals surface area contributed by atoms with Crippen molar-refractivity contribution < 1.29 is 5.11 Å². The Hall–Kier alpha value is -1.60. The van der Waals surface area contributed by atoms with Crippen LogP contribution in [0, 0.1) is 6.08 Å². The fourth-order valence-electron chi connectivity index (χ4n) is 0.839. The first-order valence-electron chi connectivity index (χ1n) is 2.88. The lowest BCUT2D eigenvalue weighted by Crippen LogP contribution is -2.06. The highest BCUT2D eigenvalue weighted by Gasteiger charge is 2.08. The molecule has 0 saturated carbocycles. The van der Waals surface area contributed by atoms with E-state index in [1.54, 1.807) is 17.0 Å². The third-order valence-corrected chi connectivity index (χ3v) is 1.28. The van der Waals surface area contributed by atoms with Gasteiger partial charge in [-0.05, 0) is 0 Å². The van der Waals surface area contributed by atoms with Gasteiger partial charge in [0, 0.05) is 12.4 Å². The Bertz CT molecular complexity index is 309. The molecule has 0 atom stereocenters. The summed E-state index contributed by atoms with van der Waals surface area (Å²) in [5.41, 5.74) is 0. The lowest BCUT2D eigenvalue weighted by Gasteiger charge is -1.99. The predicted octanol–water partition coefficient (Wildman–Crippen LogP) is -0.237. The van der Waals surface area contributed by atoms with Gasteiger partial charge in [0.2, 0.25) is 0 Å². The number of nitrogens with zero attached hydrogens (tertiary/aromatic N) is 2. The maximum Gasteiger partial charge on any atom is 0.289 e. The van der Waals surface area contributed by atoms with Crippen molar-refractivity contribution >= 4 is 6.20 Å². The van der Waals surface area contributed by atoms with Crippen molar-refractivity contribution in [3.63, 3.8) is 0 Å². The highest BCUT2D eigenvalue weighted by molar-refractivity contribution is 5.39. The van der Waals surface area contributed by atoms with Gasteiger partial charge >= 0.3 is 0 Å². The molecule has 1 aliphatic heterocycles. The van der Waals surface area contributed by atoms with Crippen molar-refractivity contribution in [2.24, 2.45) is 0 Å². The van der Waals surface area contributed by atoms with Gasteiger partial charge < -0.3 is 5.11 Å². The van der Waals surface area contributed by atoms with Gasteiger partial charge in [0.15, 0.2) is 6.08 Å². The lowest BCUT2D eigenvalue weighted by atomic mass is 10.3. The summed E-state index contributed by atoms with van der Waals surface area (Å²) in [6.07, 6.45) is 8.93. The van der Waals surface area contributed by atoms with Crippen LogP contribution in [0.3, 0.4) is 0 Å². The summed E-state index contributed by atoms with van der Waals surface area (Å²) in [6.45, 7) is 0. The number of fused-ring (bicyclic) bond motifs is 1. The van der Waals surface area contributed by atoms with E-state index < -0.39 is 0 Å². The van der Waals surface area contributed by atoms with Crippen LogP contribution in [0.15, 0.2) is 24.2 Å². The molecule has 2 heterocycles. The maximum absolute atomic E-state index is 10.7. The van der Waals surface area contributed by atoms with Gasteiger partial charge in [0.25, 0.3) is 5.82 Å². The number of allylic oxidation sites excluding steroid dienone is 1. The molecular formula is C7H4N2O. The quantitative estimate of drug-likeness (QED) is 0.457. The van der Waals surface area contributed by atoms with Gasteiger partial charge in [-0.2, -0.15) is 0 Å². The first kappa shape index (κ1) is 5.21. The lowest BCUT2D eigenvalue weighted by molar-refractivity contribution is -0.293. The first-order valence-corrected chi connectivity index (χ1v) is 2.88. The molecule has 3 nitrogen and oxygen atoms in total. The number of aromatic nitrogens is 2. The van der Waals surface area contributed by atoms with Crippen molar-refractivity contribution in [1.29, 1.82) is 0 Å². The second-order valence-electron chi connectivity index (χ2n) is 1.98. The minimum Gasteiger partial charge on any atom is -0.783 e. The van der Waals surface area contributed by atoms with E-state index in [4.69, 9.17) is 0 Å². The average Bonchev–Trinajstić information content (AvgIpc) is 2.33. The van der Waals surface area contributed by atoms with Gasteiger partial charge in [-0.15, -0.1) is 0 Å². The number of rotatable bonds is 0. The summed E-state index contributed by atoms with van der Waals surface area (Å²) in [5, 5.41) is 10.7. The minimum atomic E-state index is -0.0505. The Kier molecular flexibility index (Phi) is 0.879. The molecule has 0 amide bonds. The molecule has 0 unspecified atom stereocenters. The van der Waals surface area contributed by atoms with Gasteiger partial charge in [0.1, 0.15) is 6.08 Å². The van der Waals surface area contributed by atoms with Crippen molar-refractivity contribution in [2.45, 2.75) is 0 Å². The van der Waals surface area contributed by atoms with E-state index in [0.29, 0.717) is 5.82 Å². The number of hydrogen-bond donors (Lipinski definition) is 0. The molecule has 2 rings (SSSR count). The maximum atomic E-state index is 10.7. The van der Waals surface area contributed by atoms with E-state index in [1.165, 1.54) is 12.3 Å². The van der Waals surface area contributed by atoms with Crippen LogP contribution < -0.4 is 5.11 Å². The van der Waals surface area contributed by atoms with Crippen LogP contribution in [0.25, 0.3) is 6.20 Å². The SMILES string of the molecule is [O-]C1=Cn2ccnc2[C+]=C1. The van der Waals surface area contributed by atoms with E-state index in [9.17, 15) is 5.11 Å². The summed E-state index contributed by atoms with van der Waals surface area (Å²) in [5.74, 6) is 0.630. The summed E-state index contributed by atoms with van der Waals surface area (Å²) >= 11 is 0. The molecule has 0 spiro atoms.